The zero-order chi connectivity index (χ0) is 13.1. The van der Waals surface area contributed by atoms with Crippen molar-refractivity contribution in [3.8, 4) is 0 Å². The second-order valence-electron chi connectivity index (χ2n) is 4.33. The lowest BCUT2D eigenvalue weighted by Crippen LogP contribution is -2.30. The van der Waals surface area contributed by atoms with Crippen molar-refractivity contribution in [3.05, 3.63) is 23.5 Å². The molecule has 0 saturated heterocycles. The first kappa shape index (κ1) is 12.8. The van der Waals surface area contributed by atoms with E-state index in [1.54, 1.807) is 6.07 Å². The van der Waals surface area contributed by atoms with Crippen LogP contribution in [-0.2, 0) is 9.59 Å². The summed E-state index contributed by atoms with van der Waals surface area (Å²) in [5.74, 6) is -2.29. The van der Waals surface area contributed by atoms with Crippen molar-refractivity contribution < 1.29 is 14.7 Å². The lowest BCUT2D eigenvalue weighted by atomic mass is 9.95. The van der Waals surface area contributed by atoms with E-state index in [1.807, 2.05) is 0 Å². The van der Waals surface area contributed by atoms with E-state index in [1.165, 1.54) is 12.4 Å². The van der Waals surface area contributed by atoms with E-state index < -0.39 is 17.8 Å². The van der Waals surface area contributed by atoms with Crippen LogP contribution in [-0.4, -0.2) is 22.0 Å². The van der Waals surface area contributed by atoms with Crippen LogP contribution in [0.25, 0.3) is 0 Å². The number of hydrogen-bond acceptors (Lipinski definition) is 3. The van der Waals surface area contributed by atoms with Gasteiger partial charge in [-0.05, 0) is 18.9 Å². The van der Waals surface area contributed by atoms with Gasteiger partial charge in [-0.1, -0.05) is 18.0 Å². The van der Waals surface area contributed by atoms with E-state index in [4.69, 9.17) is 16.7 Å². The van der Waals surface area contributed by atoms with Gasteiger partial charge in [0.05, 0.1) is 28.7 Å². The summed E-state index contributed by atoms with van der Waals surface area (Å²) in [6.45, 7) is 0. The molecule has 0 spiro atoms. The molecule has 2 rings (SSSR count). The molecule has 0 aromatic carbocycles. The second-order valence-corrected chi connectivity index (χ2v) is 4.73. The normalized spacial score (nSPS) is 22.7. The molecule has 96 valence electrons. The van der Waals surface area contributed by atoms with Crippen molar-refractivity contribution >= 4 is 29.2 Å². The Hall–Kier alpha value is -1.62. The third-order valence-corrected chi connectivity index (χ3v) is 3.53. The van der Waals surface area contributed by atoms with Crippen molar-refractivity contribution in [3.63, 3.8) is 0 Å². The fourth-order valence-corrected chi connectivity index (χ4v) is 2.42. The lowest BCUT2D eigenvalue weighted by Gasteiger charge is -2.15. The molecule has 5 nitrogen and oxygen atoms in total. The number of nitrogens with one attached hydrogen (secondary N) is 1. The Morgan fingerprint density at radius 3 is 2.78 bits per heavy atom. The van der Waals surface area contributed by atoms with Crippen molar-refractivity contribution in [2.45, 2.75) is 19.3 Å². The number of halogens is 1. The molecule has 1 aliphatic carbocycles. The summed E-state index contributed by atoms with van der Waals surface area (Å²) in [6.07, 6.45) is 4.88. The van der Waals surface area contributed by atoms with Gasteiger partial charge in [0, 0.05) is 6.20 Å². The molecule has 1 fully saturated rings. The zero-order valence-corrected chi connectivity index (χ0v) is 10.4. The summed E-state index contributed by atoms with van der Waals surface area (Å²) < 4.78 is 0. The maximum Gasteiger partial charge on any atom is 0.307 e. The van der Waals surface area contributed by atoms with Gasteiger partial charge < -0.3 is 10.4 Å². The Bertz CT molecular complexity index is 478. The number of carboxylic acid groups (broad SMARTS) is 1. The van der Waals surface area contributed by atoms with Crippen LogP contribution in [0.1, 0.15) is 19.3 Å². The molecule has 6 heteroatoms. The van der Waals surface area contributed by atoms with Gasteiger partial charge in [-0.15, -0.1) is 0 Å². The predicted molar refractivity (Wildman–Crippen MR) is 66.3 cm³/mol. The summed E-state index contributed by atoms with van der Waals surface area (Å²) in [5, 5.41) is 12.1. The van der Waals surface area contributed by atoms with E-state index in [0.29, 0.717) is 23.6 Å². The minimum atomic E-state index is -0.912. The molecule has 2 atom stereocenters. The number of pyridine rings is 1. The Labute approximate surface area is 109 Å². The van der Waals surface area contributed by atoms with Gasteiger partial charge in [0.25, 0.3) is 0 Å². The number of rotatable bonds is 3. The highest BCUT2D eigenvalue weighted by Gasteiger charge is 2.37. The molecule has 1 aliphatic rings. The van der Waals surface area contributed by atoms with Gasteiger partial charge >= 0.3 is 5.97 Å². The van der Waals surface area contributed by atoms with Crippen molar-refractivity contribution in [1.82, 2.24) is 4.98 Å². The van der Waals surface area contributed by atoms with Gasteiger partial charge in [0.15, 0.2) is 0 Å². The number of aromatic nitrogens is 1. The van der Waals surface area contributed by atoms with Crippen LogP contribution in [0.3, 0.4) is 0 Å². The maximum absolute atomic E-state index is 12.0. The largest absolute Gasteiger partial charge is 0.481 e. The number of carboxylic acids is 1. The minimum absolute atomic E-state index is 0.296. The minimum Gasteiger partial charge on any atom is -0.481 e. The molecule has 0 bridgehead atoms. The summed E-state index contributed by atoms with van der Waals surface area (Å²) in [5.41, 5.74) is 0.417. The molecule has 1 aromatic rings. The molecule has 1 saturated carbocycles. The number of anilines is 1. The van der Waals surface area contributed by atoms with Crippen LogP contribution in [0.2, 0.25) is 5.02 Å². The van der Waals surface area contributed by atoms with Crippen LogP contribution in [0.4, 0.5) is 5.69 Å². The number of hydrogen-bond donors (Lipinski definition) is 2. The summed E-state index contributed by atoms with van der Waals surface area (Å²) in [7, 11) is 0. The van der Waals surface area contributed by atoms with Gasteiger partial charge in [-0.25, -0.2) is 0 Å². The number of aliphatic carboxylic acids is 1. The summed E-state index contributed by atoms with van der Waals surface area (Å²) in [4.78, 5) is 26.9. The Kier molecular flexibility index (Phi) is 3.81. The Morgan fingerprint density at radius 1 is 1.39 bits per heavy atom. The average Bonchev–Trinajstić information content (AvgIpc) is 2.81. The fraction of sp³-hybridized carbons (Fsp3) is 0.417. The van der Waals surface area contributed by atoms with Gasteiger partial charge in [0.2, 0.25) is 5.91 Å². The molecule has 18 heavy (non-hydrogen) atoms. The van der Waals surface area contributed by atoms with E-state index in [0.717, 1.165) is 6.42 Å². The number of carbonyl (C=O) groups excluding carboxylic acids is 1. The molecule has 0 unspecified atom stereocenters. The highest BCUT2D eigenvalue weighted by atomic mass is 35.5. The molecule has 1 aromatic heterocycles. The van der Waals surface area contributed by atoms with Crippen molar-refractivity contribution in [2.24, 2.45) is 11.8 Å². The molecule has 0 radical (unpaired) electrons. The van der Waals surface area contributed by atoms with E-state index in [-0.39, 0.29) is 5.91 Å². The Balaban J connectivity index is 2.08. The number of carbonyl (C=O) groups is 2. The van der Waals surface area contributed by atoms with E-state index in [9.17, 15) is 9.59 Å². The quantitative estimate of drug-likeness (QED) is 0.881. The third-order valence-electron chi connectivity index (χ3n) is 3.20. The number of nitrogens with zero attached hydrogens (tertiary/aromatic N) is 1. The fourth-order valence-electron chi connectivity index (χ4n) is 2.26. The molecule has 0 aliphatic heterocycles. The van der Waals surface area contributed by atoms with Crippen LogP contribution in [0, 0.1) is 11.8 Å². The highest BCUT2D eigenvalue weighted by Crippen LogP contribution is 2.33. The van der Waals surface area contributed by atoms with Crippen molar-refractivity contribution in [1.29, 1.82) is 0 Å². The monoisotopic (exact) mass is 268 g/mol. The first-order valence-corrected chi connectivity index (χ1v) is 6.10. The van der Waals surface area contributed by atoms with Crippen LogP contribution < -0.4 is 5.32 Å². The topological polar surface area (TPSA) is 79.3 Å². The zero-order valence-electron chi connectivity index (χ0n) is 9.60. The first-order chi connectivity index (χ1) is 8.59. The summed E-state index contributed by atoms with van der Waals surface area (Å²) >= 11 is 5.90. The molecule has 1 heterocycles. The standard InChI is InChI=1S/C12H13ClN2O3/c13-9-4-5-14-6-10(9)15-11(16)7-2-1-3-8(7)12(17)18/h4-8H,1-3H2,(H,15,16)(H,17,18)/t7-,8+/m1/s1. The second kappa shape index (κ2) is 5.35. The number of amides is 1. The van der Waals surface area contributed by atoms with Crippen LogP contribution in [0.5, 0.6) is 0 Å². The Morgan fingerprint density at radius 2 is 2.11 bits per heavy atom. The molecule has 2 N–H and O–H groups in total. The van der Waals surface area contributed by atoms with E-state index in [2.05, 4.69) is 10.3 Å². The first-order valence-electron chi connectivity index (χ1n) is 5.73. The molecular formula is C12H13ClN2O3. The van der Waals surface area contributed by atoms with Gasteiger partial charge in [0.1, 0.15) is 0 Å². The third kappa shape index (κ3) is 2.61. The van der Waals surface area contributed by atoms with E-state index >= 15 is 0 Å². The molecular weight excluding hydrogens is 256 g/mol. The van der Waals surface area contributed by atoms with Gasteiger partial charge in [-0.3, -0.25) is 14.6 Å². The SMILES string of the molecule is O=C(O)[C@H]1CCC[C@H]1C(=O)Nc1cnccc1Cl. The predicted octanol–water partition coefficient (Wildman–Crippen LogP) is 2.17. The summed E-state index contributed by atoms with van der Waals surface area (Å²) in [6, 6.07) is 1.57. The van der Waals surface area contributed by atoms with Crippen LogP contribution in [0.15, 0.2) is 18.5 Å². The van der Waals surface area contributed by atoms with Crippen molar-refractivity contribution in [2.75, 3.05) is 5.32 Å². The molecule has 1 amide bonds. The lowest BCUT2D eigenvalue weighted by molar-refractivity contribution is -0.145. The highest BCUT2D eigenvalue weighted by molar-refractivity contribution is 6.33. The van der Waals surface area contributed by atoms with Crippen LogP contribution >= 0.6 is 11.6 Å². The average molecular weight is 269 g/mol. The smallest absolute Gasteiger partial charge is 0.307 e. The maximum atomic E-state index is 12.0. The van der Waals surface area contributed by atoms with Gasteiger partial charge in [-0.2, -0.15) is 0 Å².